The summed E-state index contributed by atoms with van der Waals surface area (Å²) < 4.78 is 27.0. The van der Waals surface area contributed by atoms with Gasteiger partial charge in [0.25, 0.3) is 11.6 Å². The van der Waals surface area contributed by atoms with Gasteiger partial charge in [0, 0.05) is 12.1 Å². The van der Waals surface area contributed by atoms with Crippen LogP contribution >= 0.6 is 0 Å². The van der Waals surface area contributed by atoms with Crippen LogP contribution in [0, 0.1) is 28.7 Å². The lowest BCUT2D eigenvalue weighted by atomic mass is 10.1. The van der Waals surface area contributed by atoms with Gasteiger partial charge in [0.2, 0.25) is 0 Å². The molecule has 2 aromatic rings. The van der Waals surface area contributed by atoms with Crippen molar-refractivity contribution in [2.75, 3.05) is 5.32 Å². The number of nitro benzene ring substituents is 1. The highest BCUT2D eigenvalue weighted by atomic mass is 19.1. The SMILES string of the molecule is Cc1cccc(C(=O)Nc2cc(F)ccc2[N+](=O)[O-])c1F. The molecule has 0 aromatic heterocycles. The third-order valence-corrected chi connectivity index (χ3v) is 2.84. The van der Waals surface area contributed by atoms with E-state index >= 15 is 0 Å². The summed E-state index contributed by atoms with van der Waals surface area (Å²) in [4.78, 5) is 22.0. The summed E-state index contributed by atoms with van der Waals surface area (Å²) >= 11 is 0. The second-order valence-corrected chi connectivity index (χ2v) is 4.31. The maximum atomic E-state index is 13.8. The lowest BCUT2D eigenvalue weighted by molar-refractivity contribution is -0.384. The molecule has 0 aliphatic heterocycles. The average Bonchev–Trinajstić information content (AvgIpc) is 2.41. The molecule has 0 saturated heterocycles. The Balaban J connectivity index is 2.38. The molecule has 1 N–H and O–H groups in total. The monoisotopic (exact) mass is 292 g/mol. The molecule has 2 rings (SSSR count). The minimum atomic E-state index is -0.884. The Morgan fingerprint density at radius 3 is 2.62 bits per heavy atom. The number of carbonyl (C=O) groups excluding carboxylic acids is 1. The van der Waals surface area contributed by atoms with Crippen LogP contribution in [0.15, 0.2) is 36.4 Å². The maximum absolute atomic E-state index is 13.8. The first-order chi connectivity index (χ1) is 9.90. The number of nitrogens with zero attached hydrogens (tertiary/aromatic N) is 1. The van der Waals surface area contributed by atoms with Crippen molar-refractivity contribution < 1.29 is 18.5 Å². The summed E-state index contributed by atoms with van der Waals surface area (Å²) in [7, 11) is 0. The quantitative estimate of drug-likeness (QED) is 0.695. The number of halogens is 2. The zero-order valence-electron chi connectivity index (χ0n) is 10.9. The number of benzene rings is 2. The molecule has 0 radical (unpaired) electrons. The Kier molecular flexibility index (Phi) is 3.93. The van der Waals surface area contributed by atoms with Crippen LogP contribution in [0.3, 0.4) is 0 Å². The predicted octanol–water partition coefficient (Wildman–Crippen LogP) is 3.43. The molecule has 0 spiro atoms. The Morgan fingerprint density at radius 1 is 1.24 bits per heavy atom. The van der Waals surface area contributed by atoms with Crippen molar-refractivity contribution in [3.05, 3.63) is 69.3 Å². The van der Waals surface area contributed by atoms with Gasteiger partial charge >= 0.3 is 0 Å². The van der Waals surface area contributed by atoms with E-state index in [1.54, 1.807) is 0 Å². The number of hydrogen-bond donors (Lipinski definition) is 1. The van der Waals surface area contributed by atoms with E-state index in [1.807, 2.05) is 0 Å². The number of aryl methyl sites for hydroxylation is 1. The van der Waals surface area contributed by atoms with Crippen LogP contribution < -0.4 is 5.32 Å². The van der Waals surface area contributed by atoms with Gasteiger partial charge in [0.1, 0.15) is 17.3 Å². The first-order valence-electron chi connectivity index (χ1n) is 5.90. The van der Waals surface area contributed by atoms with Gasteiger partial charge in [-0.25, -0.2) is 8.78 Å². The zero-order chi connectivity index (χ0) is 15.6. The zero-order valence-corrected chi connectivity index (χ0v) is 10.9. The first-order valence-corrected chi connectivity index (χ1v) is 5.90. The second-order valence-electron chi connectivity index (χ2n) is 4.31. The Labute approximate surface area is 118 Å². The van der Waals surface area contributed by atoms with Crippen molar-refractivity contribution in [2.45, 2.75) is 6.92 Å². The van der Waals surface area contributed by atoms with Crippen LogP contribution in [0.4, 0.5) is 20.2 Å². The number of anilines is 1. The van der Waals surface area contributed by atoms with Crippen LogP contribution in [0.25, 0.3) is 0 Å². The minimum absolute atomic E-state index is 0.261. The normalized spacial score (nSPS) is 10.2. The molecular weight excluding hydrogens is 282 g/mol. The lowest BCUT2D eigenvalue weighted by Gasteiger charge is -2.08. The van der Waals surface area contributed by atoms with Crippen molar-refractivity contribution in [3.8, 4) is 0 Å². The van der Waals surface area contributed by atoms with Gasteiger partial charge in [0.15, 0.2) is 0 Å². The van der Waals surface area contributed by atoms with Gasteiger partial charge in [-0.3, -0.25) is 14.9 Å². The third kappa shape index (κ3) is 3.02. The van der Waals surface area contributed by atoms with Gasteiger partial charge in [-0.15, -0.1) is 0 Å². The van der Waals surface area contributed by atoms with Gasteiger partial charge in [-0.1, -0.05) is 12.1 Å². The van der Waals surface area contributed by atoms with Crippen molar-refractivity contribution in [3.63, 3.8) is 0 Å². The topological polar surface area (TPSA) is 72.2 Å². The van der Waals surface area contributed by atoms with E-state index in [1.165, 1.54) is 25.1 Å². The van der Waals surface area contributed by atoms with E-state index in [0.29, 0.717) is 0 Å². The van der Waals surface area contributed by atoms with Gasteiger partial charge in [-0.2, -0.15) is 0 Å². The third-order valence-electron chi connectivity index (χ3n) is 2.84. The molecule has 0 bridgehead atoms. The van der Waals surface area contributed by atoms with Crippen LogP contribution in [-0.4, -0.2) is 10.8 Å². The van der Waals surface area contributed by atoms with Gasteiger partial charge in [-0.05, 0) is 24.6 Å². The Hall–Kier alpha value is -2.83. The molecule has 0 heterocycles. The highest BCUT2D eigenvalue weighted by Gasteiger charge is 2.19. The highest BCUT2D eigenvalue weighted by molar-refractivity contribution is 6.05. The lowest BCUT2D eigenvalue weighted by Crippen LogP contribution is -2.15. The van der Waals surface area contributed by atoms with Crippen molar-refractivity contribution >= 4 is 17.3 Å². The number of carbonyl (C=O) groups is 1. The summed E-state index contributed by atoms with van der Waals surface area (Å²) in [6.07, 6.45) is 0. The van der Waals surface area contributed by atoms with E-state index in [2.05, 4.69) is 5.32 Å². The predicted molar refractivity (Wildman–Crippen MR) is 72.1 cm³/mol. The maximum Gasteiger partial charge on any atom is 0.292 e. The first kappa shape index (κ1) is 14.6. The number of amides is 1. The number of hydrogen-bond acceptors (Lipinski definition) is 3. The Bertz CT molecular complexity index is 732. The van der Waals surface area contributed by atoms with E-state index in [4.69, 9.17) is 0 Å². The summed E-state index contributed by atoms with van der Waals surface area (Å²) in [5.74, 6) is -2.36. The molecule has 0 aliphatic rings. The highest BCUT2D eigenvalue weighted by Crippen LogP contribution is 2.26. The molecule has 7 heteroatoms. The molecule has 1 amide bonds. The standard InChI is InChI=1S/C14H10F2N2O3/c1-8-3-2-4-10(13(8)16)14(19)17-11-7-9(15)5-6-12(11)18(20)21/h2-7H,1H3,(H,17,19). The largest absolute Gasteiger partial charge is 0.316 e. The molecule has 2 aromatic carbocycles. The second kappa shape index (κ2) is 5.66. The van der Waals surface area contributed by atoms with E-state index in [0.717, 1.165) is 18.2 Å². The number of nitrogens with one attached hydrogen (secondary N) is 1. The fourth-order valence-corrected chi connectivity index (χ4v) is 1.78. The molecule has 108 valence electrons. The van der Waals surface area contributed by atoms with Crippen molar-refractivity contribution in [1.29, 1.82) is 0 Å². The summed E-state index contributed by atoms with van der Waals surface area (Å²) in [5, 5.41) is 13.0. The summed E-state index contributed by atoms with van der Waals surface area (Å²) in [6, 6.07) is 6.84. The molecule has 0 aliphatic carbocycles. The van der Waals surface area contributed by atoms with E-state index in [-0.39, 0.29) is 16.8 Å². The number of nitro groups is 1. The van der Waals surface area contributed by atoms with Gasteiger partial charge in [0.05, 0.1) is 10.5 Å². The Morgan fingerprint density at radius 2 is 1.95 bits per heavy atom. The van der Waals surface area contributed by atoms with Crippen molar-refractivity contribution in [2.24, 2.45) is 0 Å². The smallest absolute Gasteiger partial charge is 0.292 e. The minimum Gasteiger partial charge on any atom is -0.316 e. The van der Waals surface area contributed by atoms with Crippen LogP contribution in [-0.2, 0) is 0 Å². The summed E-state index contributed by atoms with van der Waals surface area (Å²) in [6.45, 7) is 1.48. The fraction of sp³-hybridized carbons (Fsp3) is 0.0714. The van der Waals surface area contributed by atoms with E-state index in [9.17, 15) is 23.7 Å². The fourth-order valence-electron chi connectivity index (χ4n) is 1.78. The molecule has 0 saturated carbocycles. The molecule has 21 heavy (non-hydrogen) atoms. The average molecular weight is 292 g/mol. The molecule has 0 unspecified atom stereocenters. The van der Waals surface area contributed by atoms with Crippen LogP contribution in [0.5, 0.6) is 0 Å². The molecular formula is C14H10F2N2O3. The molecule has 0 fully saturated rings. The van der Waals surface area contributed by atoms with Crippen LogP contribution in [0.1, 0.15) is 15.9 Å². The molecule has 5 nitrogen and oxygen atoms in total. The van der Waals surface area contributed by atoms with Crippen LogP contribution in [0.2, 0.25) is 0 Å². The van der Waals surface area contributed by atoms with Gasteiger partial charge < -0.3 is 5.32 Å². The van der Waals surface area contributed by atoms with Crippen molar-refractivity contribution in [1.82, 2.24) is 0 Å². The number of rotatable bonds is 3. The van der Waals surface area contributed by atoms with E-state index < -0.39 is 28.2 Å². The summed E-state index contributed by atoms with van der Waals surface area (Å²) in [5.41, 5.74) is -0.811. The molecule has 0 atom stereocenters.